The van der Waals surface area contributed by atoms with Crippen molar-refractivity contribution in [2.45, 2.75) is 43.6 Å². The zero-order valence-corrected chi connectivity index (χ0v) is 12.0. The van der Waals surface area contributed by atoms with E-state index in [1.165, 1.54) is 7.11 Å². The summed E-state index contributed by atoms with van der Waals surface area (Å²) in [6.07, 6.45) is -1.88. The summed E-state index contributed by atoms with van der Waals surface area (Å²) in [6.45, 7) is 2.07. The third-order valence-electron chi connectivity index (χ3n) is 3.52. The van der Waals surface area contributed by atoms with Gasteiger partial charge >= 0.3 is 0 Å². The van der Waals surface area contributed by atoms with Crippen molar-refractivity contribution in [2.75, 3.05) is 35.0 Å². The van der Waals surface area contributed by atoms with Crippen molar-refractivity contribution >= 4 is 0 Å². The molecule has 0 aromatic rings. The SMILES string of the molecule is COC[C@H]1O[C@@H]2OC(C)(OC)O[C@@H]2[C@@H](OC)[C@@H]1OC. The second-order valence-electron chi connectivity index (χ2n) is 4.67. The molecule has 2 fully saturated rings. The molecule has 6 atom stereocenters. The maximum absolute atomic E-state index is 5.83. The highest BCUT2D eigenvalue weighted by atomic mass is 16.9. The Balaban J connectivity index is 2.17. The van der Waals surface area contributed by atoms with Crippen LogP contribution in [0.15, 0.2) is 0 Å². The number of hydrogen-bond donors (Lipinski definition) is 0. The Morgan fingerprint density at radius 1 is 1.00 bits per heavy atom. The van der Waals surface area contributed by atoms with Crippen LogP contribution in [0.25, 0.3) is 0 Å². The minimum Gasteiger partial charge on any atom is -0.382 e. The molecule has 2 saturated heterocycles. The molecule has 0 amide bonds. The maximum Gasteiger partial charge on any atom is 0.282 e. The lowest BCUT2D eigenvalue weighted by atomic mass is 9.99. The zero-order valence-electron chi connectivity index (χ0n) is 12.0. The summed E-state index contributed by atoms with van der Waals surface area (Å²) >= 11 is 0. The van der Waals surface area contributed by atoms with Crippen LogP contribution < -0.4 is 0 Å². The first kappa shape index (κ1) is 15.1. The van der Waals surface area contributed by atoms with Crippen molar-refractivity contribution in [3.05, 3.63) is 0 Å². The van der Waals surface area contributed by atoms with Gasteiger partial charge in [-0.25, -0.2) is 0 Å². The van der Waals surface area contributed by atoms with Crippen molar-refractivity contribution in [3.63, 3.8) is 0 Å². The molecule has 0 aromatic carbocycles. The van der Waals surface area contributed by atoms with Gasteiger partial charge in [0.2, 0.25) is 0 Å². The van der Waals surface area contributed by atoms with Crippen LogP contribution in [0.4, 0.5) is 0 Å². The standard InChI is InChI=1S/C12H22O7/c1-12(16-5)18-10-9(15-4)8(14-3)7(6-13-2)17-11(10)19-12/h7-11H,6H2,1-5H3/t7-,8-,9+,10-,11-,12?/m1/s1. The minimum atomic E-state index is -1.13. The third kappa shape index (κ3) is 2.78. The number of rotatable bonds is 5. The maximum atomic E-state index is 5.83. The first-order valence-corrected chi connectivity index (χ1v) is 6.19. The molecule has 1 unspecified atom stereocenters. The molecule has 7 heteroatoms. The summed E-state index contributed by atoms with van der Waals surface area (Å²) in [7, 11) is 6.33. The highest BCUT2D eigenvalue weighted by Crippen LogP contribution is 2.38. The van der Waals surface area contributed by atoms with Crippen LogP contribution in [0, 0.1) is 0 Å². The van der Waals surface area contributed by atoms with Gasteiger partial charge in [0.05, 0.1) is 6.61 Å². The highest BCUT2D eigenvalue weighted by Gasteiger charge is 2.56. The molecule has 112 valence electrons. The molecule has 2 heterocycles. The fourth-order valence-electron chi connectivity index (χ4n) is 2.53. The van der Waals surface area contributed by atoms with Crippen LogP contribution in [0.2, 0.25) is 0 Å². The largest absolute Gasteiger partial charge is 0.382 e. The van der Waals surface area contributed by atoms with Crippen LogP contribution in [0.5, 0.6) is 0 Å². The van der Waals surface area contributed by atoms with Gasteiger partial charge in [0.25, 0.3) is 5.97 Å². The van der Waals surface area contributed by atoms with Gasteiger partial charge in [-0.3, -0.25) is 4.74 Å². The normalized spacial score (nSPS) is 46.3. The third-order valence-corrected chi connectivity index (χ3v) is 3.52. The van der Waals surface area contributed by atoms with Crippen LogP contribution >= 0.6 is 0 Å². The van der Waals surface area contributed by atoms with E-state index in [4.69, 9.17) is 33.2 Å². The van der Waals surface area contributed by atoms with Crippen molar-refractivity contribution in [1.29, 1.82) is 0 Å². The monoisotopic (exact) mass is 278 g/mol. The topological polar surface area (TPSA) is 64.6 Å². The molecule has 0 radical (unpaired) electrons. The molecule has 0 N–H and O–H groups in total. The summed E-state index contributed by atoms with van der Waals surface area (Å²) < 4.78 is 38.5. The van der Waals surface area contributed by atoms with Crippen molar-refractivity contribution < 1.29 is 33.2 Å². The summed E-state index contributed by atoms with van der Waals surface area (Å²) in [6, 6.07) is 0. The summed E-state index contributed by atoms with van der Waals surface area (Å²) in [4.78, 5) is 0. The average Bonchev–Trinajstić information content (AvgIpc) is 2.74. The lowest BCUT2D eigenvalue weighted by molar-refractivity contribution is -0.334. The zero-order chi connectivity index (χ0) is 14.0. The van der Waals surface area contributed by atoms with Crippen molar-refractivity contribution in [2.24, 2.45) is 0 Å². The lowest BCUT2D eigenvalue weighted by Gasteiger charge is -2.40. The molecule has 19 heavy (non-hydrogen) atoms. The van der Waals surface area contributed by atoms with Gasteiger partial charge < -0.3 is 28.4 Å². The van der Waals surface area contributed by atoms with E-state index >= 15 is 0 Å². The molecule has 0 aliphatic carbocycles. The van der Waals surface area contributed by atoms with Crippen LogP contribution in [0.3, 0.4) is 0 Å². The number of ether oxygens (including phenoxy) is 7. The molecule has 0 bridgehead atoms. The van der Waals surface area contributed by atoms with Gasteiger partial charge in [-0.05, 0) is 0 Å². The Hall–Kier alpha value is -0.280. The van der Waals surface area contributed by atoms with Gasteiger partial charge in [0, 0.05) is 35.4 Å². The van der Waals surface area contributed by atoms with E-state index in [1.54, 1.807) is 28.3 Å². The van der Waals surface area contributed by atoms with Crippen molar-refractivity contribution in [1.82, 2.24) is 0 Å². The average molecular weight is 278 g/mol. The quantitative estimate of drug-likeness (QED) is 0.708. The molecule has 0 aromatic heterocycles. The van der Waals surface area contributed by atoms with Crippen LogP contribution in [-0.2, 0) is 33.2 Å². The molecule has 0 spiro atoms. The first-order valence-electron chi connectivity index (χ1n) is 6.19. The second kappa shape index (κ2) is 6.01. The van der Waals surface area contributed by atoms with Gasteiger partial charge in [0.1, 0.15) is 24.4 Å². The molecule has 2 aliphatic rings. The fourth-order valence-corrected chi connectivity index (χ4v) is 2.53. The van der Waals surface area contributed by atoms with Crippen molar-refractivity contribution in [3.8, 4) is 0 Å². The highest BCUT2D eigenvalue weighted by molar-refractivity contribution is 4.95. The smallest absolute Gasteiger partial charge is 0.282 e. The first-order chi connectivity index (χ1) is 9.08. The number of fused-ring (bicyclic) bond motifs is 1. The molecular formula is C12H22O7. The van der Waals surface area contributed by atoms with E-state index in [9.17, 15) is 0 Å². The van der Waals surface area contributed by atoms with E-state index in [0.717, 1.165) is 0 Å². The Morgan fingerprint density at radius 3 is 2.21 bits per heavy atom. The molecule has 2 rings (SSSR count). The molecule has 7 nitrogen and oxygen atoms in total. The van der Waals surface area contributed by atoms with Gasteiger partial charge in [-0.15, -0.1) is 0 Å². The molecular weight excluding hydrogens is 256 g/mol. The predicted molar refractivity (Wildman–Crippen MR) is 63.5 cm³/mol. The van der Waals surface area contributed by atoms with Gasteiger partial charge in [-0.2, -0.15) is 0 Å². The lowest BCUT2D eigenvalue weighted by Crippen LogP contribution is -2.59. The minimum absolute atomic E-state index is 0.288. The van der Waals surface area contributed by atoms with E-state index < -0.39 is 18.4 Å². The Kier molecular flexibility index (Phi) is 4.78. The van der Waals surface area contributed by atoms with E-state index in [-0.39, 0.29) is 18.3 Å². The van der Waals surface area contributed by atoms with Crippen LogP contribution in [0.1, 0.15) is 6.92 Å². The Bertz CT molecular complexity index is 300. The second-order valence-corrected chi connectivity index (χ2v) is 4.67. The number of methoxy groups -OCH3 is 4. The summed E-state index contributed by atoms with van der Waals surface area (Å²) in [5.74, 6) is -1.13. The molecule has 0 saturated carbocycles. The fraction of sp³-hybridized carbons (Fsp3) is 1.00. The van der Waals surface area contributed by atoms with E-state index in [1.807, 2.05) is 0 Å². The van der Waals surface area contributed by atoms with Crippen LogP contribution in [-0.4, -0.2) is 71.7 Å². The van der Waals surface area contributed by atoms with Gasteiger partial charge in [0.15, 0.2) is 6.29 Å². The van der Waals surface area contributed by atoms with Gasteiger partial charge in [-0.1, -0.05) is 0 Å². The Morgan fingerprint density at radius 2 is 1.68 bits per heavy atom. The van der Waals surface area contributed by atoms with E-state index in [0.29, 0.717) is 6.61 Å². The summed E-state index contributed by atoms with van der Waals surface area (Å²) in [5, 5.41) is 0. The predicted octanol–water partition coefficient (Wildman–Crippen LogP) is 0.123. The summed E-state index contributed by atoms with van der Waals surface area (Å²) in [5.41, 5.74) is 0. The molecule has 2 aliphatic heterocycles. The number of hydrogen-bond acceptors (Lipinski definition) is 7. The van der Waals surface area contributed by atoms with E-state index in [2.05, 4.69) is 0 Å². The Labute approximate surface area is 113 Å².